The Morgan fingerprint density at radius 2 is 2.40 bits per heavy atom. The van der Waals surface area contributed by atoms with Crippen LogP contribution in [-0.2, 0) is 14.3 Å². The van der Waals surface area contributed by atoms with Crippen LogP contribution in [0.15, 0.2) is 0 Å². The van der Waals surface area contributed by atoms with Crippen molar-refractivity contribution in [3.63, 3.8) is 0 Å². The van der Waals surface area contributed by atoms with Gasteiger partial charge in [0.05, 0.1) is 12.5 Å². The van der Waals surface area contributed by atoms with E-state index >= 15 is 0 Å². The van der Waals surface area contributed by atoms with Gasteiger partial charge in [-0.2, -0.15) is 0 Å². The van der Waals surface area contributed by atoms with E-state index in [0.717, 1.165) is 6.42 Å². The summed E-state index contributed by atoms with van der Waals surface area (Å²) in [6.45, 7) is 1.88. The van der Waals surface area contributed by atoms with Crippen LogP contribution in [0.1, 0.15) is 19.8 Å². The first-order chi connectivity index (χ1) is 4.72. The topological polar surface area (TPSA) is 35.5 Å². The van der Waals surface area contributed by atoms with Crippen molar-refractivity contribution in [2.75, 3.05) is 7.11 Å². The lowest BCUT2D eigenvalue weighted by atomic mass is 10.1. The van der Waals surface area contributed by atoms with Crippen molar-refractivity contribution in [2.24, 2.45) is 0 Å². The SMILES string of the molecule is COC1CC(=O)OC(C)C1. The number of methoxy groups -OCH3 is 1. The van der Waals surface area contributed by atoms with E-state index < -0.39 is 0 Å². The average Bonchev–Trinajstić information content (AvgIpc) is 1.85. The zero-order chi connectivity index (χ0) is 7.56. The van der Waals surface area contributed by atoms with Gasteiger partial charge in [0.2, 0.25) is 0 Å². The number of rotatable bonds is 1. The van der Waals surface area contributed by atoms with Crippen LogP contribution in [0.5, 0.6) is 0 Å². The lowest BCUT2D eigenvalue weighted by Gasteiger charge is -2.25. The summed E-state index contributed by atoms with van der Waals surface area (Å²) < 4.78 is 9.93. The molecule has 1 fully saturated rings. The Morgan fingerprint density at radius 1 is 1.70 bits per heavy atom. The molecule has 3 nitrogen and oxygen atoms in total. The fourth-order valence-corrected chi connectivity index (χ4v) is 1.14. The Labute approximate surface area is 60.3 Å². The molecule has 1 aliphatic heterocycles. The summed E-state index contributed by atoms with van der Waals surface area (Å²) in [6.07, 6.45) is 1.31. The Balaban J connectivity index is 2.42. The summed E-state index contributed by atoms with van der Waals surface area (Å²) in [7, 11) is 1.62. The van der Waals surface area contributed by atoms with Crippen LogP contribution in [-0.4, -0.2) is 25.3 Å². The fourth-order valence-electron chi connectivity index (χ4n) is 1.14. The van der Waals surface area contributed by atoms with Gasteiger partial charge in [0.25, 0.3) is 0 Å². The fraction of sp³-hybridized carbons (Fsp3) is 0.857. The summed E-state index contributed by atoms with van der Waals surface area (Å²) in [5.74, 6) is -0.148. The minimum absolute atomic E-state index is 0.0196. The standard InChI is InChI=1S/C7H12O3/c1-5-3-6(9-2)4-7(8)10-5/h5-6H,3-4H2,1-2H3. The first kappa shape index (κ1) is 7.54. The lowest BCUT2D eigenvalue weighted by molar-refractivity contribution is -0.159. The van der Waals surface area contributed by atoms with Crippen LogP contribution in [0.4, 0.5) is 0 Å². The number of carbonyl (C=O) groups excluding carboxylic acids is 1. The maximum Gasteiger partial charge on any atom is 0.308 e. The molecule has 0 N–H and O–H groups in total. The van der Waals surface area contributed by atoms with Crippen molar-refractivity contribution in [2.45, 2.75) is 32.0 Å². The molecule has 0 aromatic rings. The van der Waals surface area contributed by atoms with Crippen LogP contribution >= 0.6 is 0 Å². The highest BCUT2D eigenvalue weighted by Gasteiger charge is 2.25. The third kappa shape index (κ3) is 1.70. The van der Waals surface area contributed by atoms with E-state index in [9.17, 15) is 4.79 Å². The minimum atomic E-state index is -0.148. The Hall–Kier alpha value is -0.570. The molecule has 58 valence electrons. The molecule has 0 saturated carbocycles. The molecule has 1 heterocycles. The monoisotopic (exact) mass is 144 g/mol. The highest BCUT2D eigenvalue weighted by atomic mass is 16.6. The molecular weight excluding hydrogens is 132 g/mol. The third-order valence-electron chi connectivity index (χ3n) is 1.66. The predicted octanol–water partition coefficient (Wildman–Crippen LogP) is 0.727. The second-order valence-corrected chi connectivity index (χ2v) is 2.60. The summed E-state index contributed by atoms with van der Waals surface area (Å²) >= 11 is 0. The van der Waals surface area contributed by atoms with Gasteiger partial charge in [-0.05, 0) is 6.92 Å². The second kappa shape index (κ2) is 3.01. The molecule has 1 aliphatic rings. The molecule has 0 aromatic carbocycles. The van der Waals surface area contributed by atoms with Gasteiger partial charge >= 0.3 is 5.97 Å². The number of cyclic esters (lactones) is 1. The van der Waals surface area contributed by atoms with Crippen molar-refractivity contribution in [1.29, 1.82) is 0 Å². The van der Waals surface area contributed by atoms with Crippen molar-refractivity contribution in [1.82, 2.24) is 0 Å². The zero-order valence-electron chi connectivity index (χ0n) is 6.29. The molecule has 2 atom stereocenters. The van der Waals surface area contributed by atoms with Crippen LogP contribution < -0.4 is 0 Å². The molecule has 2 unspecified atom stereocenters. The maximum atomic E-state index is 10.7. The van der Waals surface area contributed by atoms with E-state index in [-0.39, 0.29) is 18.2 Å². The Bertz CT molecular complexity index is 133. The van der Waals surface area contributed by atoms with Crippen LogP contribution in [0.2, 0.25) is 0 Å². The van der Waals surface area contributed by atoms with Gasteiger partial charge in [-0.15, -0.1) is 0 Å². The van der Waals surface area contributed by atoms with E-state index in [0.29, 0.717) is 6.42 Å². The van der Waals surface area contributed by atoms with Crippen molar-refractivity contribution >= 4 is 5.97 Å². The molecule has 0 spiro atoms. The number of hydrogen-bond donors (Lipinski definition) is 0. The summed E-state index contributed by atoms with van der Waals surface area (Å²) in [5.41, 5.74) is 0. The molecule has 0 aliphatic carbocycles. The van der Waals surface area contributed by atoms with E-state index in [2.05, 4.69) is 0 Å². The van der Waals surface area contributed by atoms with Gasteiger partial charge in [0.1, 0.15) is 6.10 Å². The number of esters is 1. The normalized spacial score (nSPS) is 33.6. The molecular formula is C7H12O3. The lowest BCUT2D eigenvalue weighted by Crippen LogP contribution is -2.31. The highest BCUT2D eigenvalue weighted by Crippen LogP contribution is 2.16. The maximum absolute atomic E-state index is 10.7. The van der Waals surface area contributed by atoms with Gasteiger partial charge < -0.3 is 9.47 Å². The molecule has 0 radical (unpaired) electrons. The van der Waals surface area contributed by atoms with Gasteiger partial charge in [-0.25, -0.2) is 0 Å². The first-order valence-electron chi connectivity index (χ1n) is 3.44. The molecule has 1 rings (SSSR count). The summed E-state index contributed by atoms with van der Waals surface area (Å²) in [6, 6.07) is 0. The molecule has 0 aromatic heterocycles. The Kier molecular flexibility index (Phi) is 2.27. The highest BCUT2D eigenvalue weighted by molar-refractivity contribution is 5.70. The number of ether oxygens (including phenoxy) is 2. The number of carbonyl (C=O) groups is 1. The molecule has 1 saturated heterocycles. The molecule has 3 heteroatoms. The summed E-state index contributed by atoms with van der Waals surface area (Å²) in [4.78, 5) is 10.7. The first-order valence-corrected chi connectivity index (χ1v) is 3.44. The van der Waals surface area contributed by atoms with Gasteiger partial charge in [-0.1, -0.05) is 0 Å². The largest absolute Gasteiger partial charge is 0.462 e. The van der Waals surface area contributed by atoms with E-state index in [1.54, 1.807) is 7.11 Å². The minimum Gasteiger partial charge on any atom is -0.462 e. The van der Waals surface area contributed by atoms with E-state index in [1.807, 2.05) is 6.92 Å². The van der Waals surface area contributed by atoms with Crippen molar-refractivity contribution in [3.05, 3.63) is 0 Å². The van der Waals surface area contributed by atoms with E-state index in [1.165, 1.54) is 0 Å². The molecule has 10 heavy (non-hydrogen) atoms. The molecule has 0 amide bonds. The smallest absolute Gasteiger partial charge is 0.308 e. The number of hydrogen-bond acceptors (Lipinski definition) is 3. The zero-order valence-corrected chi connectivity index (χ0v) is 6.29. The predicted molar refractivity (Wildman–Crippen MR) is 35.6 cm³/mol. The average molecular weight is 144 g/mol. The van der Waals surface area contributed by atoms with Gasteiger partial charge in [0.15, 0.2) is 0 Å². The van der Waals surface area contributed by atoms with E-state index in [4.69, 9.17) is 9.47 Å². The quantitative estimate of drug-likeness (QED) is 0.509. The van der Waals surface area contributed by atoms with Crippen molar-refractivity contribution in [3.8, 4) is 0 Å². The van der Waals surface area contributed by atoms with Gasteiger partial charge in [0, 0.05) is 13.5 Å². The van der Waals surface area contributed by atoms with Crippen LogP contribution in [0.3, 0.4) is 0 Å². The van der Waals surface area contributed by atoms with Gasteiger partial charge in [-0.3, -0.25) is 4.79 Å². The van der Waals surface area contributed by atoms with Crippen LogP contribution in [0, 0.1) is 0 Å². The Morgan fingerprint density at radius 3 is 2.90 bits per heavy atom. The second-order valence-electron chi connectivity index (χ2n) is 2.60. The summed E-state index contributed by atoms with van der Waals surface area (Å²) in [5, 5.41) is 0. The third-order valence-corrected chi connectivity index (χ3v) is 1.66. The van der Waals surface area contributed by atoms with Crippen molar-refractivity contribution < 1.29 is 14.3 Å². The molecule has 0 bridgehead atoms. The van der Waals surface area contributed by atoms with Crippen LogP contribution in [0.25, 0.3) is 0 Å².